The molecule has 1 saturated carbocycles. The number of carbonyl (C=O) groups excluding carboxylic acids is 1. The van der Waals surface area contributed by atoms with Crippen molar-refractivity contribution in [3.8, 4) is 11.3 Å². The van der Waals surface area contributed by atoms with Crippen molar-refractivity contribution in [2.24, 2.45) is 5.92 Å². The van der Waals surface area contributed by atoms with Gasteiger partial charge in [-0.05, 0) is 62.4 Å². The van der Waals surface area contributed by atoms with Crippen LogP contribution in [0.4, 0.5) is 4.39 Å². The molecule has 1 amide bonds. The van der Waals surface area contributed by atoms with E-state index in [9.17, 15) is 17.6 Å². The summed E-state index contributed by atoms with van der Waals surface area (Å²) < 4.78 is 41.6. The zero-order valence-electron chi connectivity index (χ0n) is 18.8. The number of benzene rings is 2. The number of aromatic nitrogens is 2. The number of nitrogens with one attached hydrogen (secondary N) is 2. The average molecular weight is 483 g/mol. The molecule has 7 nitrogen and oxygen atoms in total. The Kier molecular flexibility index (Phi) is 7.33. The van der Waals surface area contributed by atoms with Crippen LogP contribution >= 0.6 is 0 Å². The van der Waals surface area contributed by atoms with Crippen LogP contribution in [0.3, 0.4) is 0 Å². The van der Waals surface area contributed by atoms with Crippen LogP contribution in [-0.4, -0.2) is 30.3 Å². The Bertz CT molecular complexity index is 1210. The molecule has 1 aliphatic rings. The van der Waals surface area contributed by atoms with Gasteiger partial charge in [0.2, 0.25) is 15.9 Å². The van der Waals surface area contributed by atoms with E-state index in [1.165, 1.54) is 12.1 Å². The van der Waals surface area contributed by atoms with E-state index in [4.69, 9.17) is 0 Å². The van der Waals surface area contributed by atoms with E-state index in [0.29, 0.717) is 31.4 Å². The molecule has 0 unspecified atom stereocenters. The Balaban J connectivity index is 1.30. The van der Waals surface area contributed by atoms with Gasteiger partial charge < -0.3 is 5.32 Å². The van der Waals surface area contributed by atoms with Crippen LogP contribution in [0.1, 0.15) is 44.2 Å². The van der Waals surface area contributed by atoms with Crippen LogP contribution in [0.15, 0.2) is 72.0 Å². The van der Waals surface area contributed by atoms with Gasteiger partial charge in [-0.3, -0.25) is 14.8 Å². The molecule has 2 N–H and O–H groups in total. The topological polar surface area (TPSA) is 101 Å². The van der Waals surface area contributed by atoms with Crippen molar-refractivity contribution < 1.29 is 17.6 Å². The lowest BCUT2D eigenvalue weighted by molar-refractivity contribution is -0.126. The van der Waals surface area contributed by atoms with Gasteiger partial charge in [0.25, 0.3) is 0 Å². The summed E-state index contributed by atoms with van der Waals surface area (Å²) in [6.07, 6.45) is 7.15. The van der Waals surface area contributed by atoms with E-state index < -0.39 is 10.0 Å². The molecule has 0 bridgehead atoms. The van der Waals surface area contributed by atoms with Crippen LogP contribution in [0.5, 0.6) is 0 Å². The Labute approximate surface area is 198 Å². The zero-order valence-corrected chi connectivity index (χ0v) is 19.6. The second-order valence-corrected chi connectivity index (χ2v) is 10.3. The number of amides is 1. The number of carbonyl (C=O) groups is 1. The zero-order chi connectivity index (χ0) is 24.1. The lowest BCUT2D eigenvalue weighted by Crippen LogP contribution is -2.41. The Morgan fingerprint density at radius 1 is 1.00 bits per heavy atom. The fraction of sp³-hybridized carbons (Fsp3) is 0.320. The van der Waals surface area contributed by atoms with E-state index >= 15 is 0 Å². The third-order valence-electron chi connectivity index (χ3n) is 6.17. The third kappa shape index (κ3) is 5.84. The Morgan fingerprint density at radius 2 is 1.68 bits per heavy atom. The van der Waals surface area contributed by atoms with Gasteiger partial charge in [0.15, 0.2) is 0 Å². The highest BCUT2D eigenvalue weighted by molar-refractivity contribution is 7.89. The summed E-state index contributed by atoms with van der Waals surface area (Å²) in [6, 6.07) is 12.2. The standard InChI is InChI=1S/C25H27FN4O3S/c1-17(18-2-8-21(26)9-3-18)29-25(31)20-4-10-22(11-5-20)30-34(32,33)23-12-6-19(7-13-23)24-16-27-14-15-28-24/h2-3,6-9,12-17,20,22,30H,4-5,10-11H2,1H3,(H,29,31)/t17-,20?,22?/m1/s1. The molecule has 178 valence electrons. The number of hydrogen-bond acceptors (Lipinski definition) is 5. The molecule has 0 radical (unpaired) electrons. The molecular formula is C25H27FN4O3S. The molecule has 2 aromatic carbocycles. The number of hydrogen-bond donors (Lipinski definition) is 2. The lowest BCUT2D eigenvalue weighted by Gasteiger charge is -2.29. The molecule has 0 spiro atoms. The maximum Gasteiger partial charge on any atom is 0.240 e. The van der Waals surface area contributed by atoms with E-state index in [1.54, 1.807) is 55.0 Å². The van der Waals surface area contributed by atoms with Crippen LogP contribution in [0.2, 0.25) is 0 Å². The number of rotatable bonds is 7. The van der Waals surface area contributed by atoms with Crippen molar-refractivity contribution in [3.05, 3.63) is 78.5 Å². The minimum Gasteiger partial charge on any atom is -0.349 e. The van der Waals surface area contributed by atoms with Crippen molar-refractivity contribution in [1.29, 1.82) is 0 Å². The first-order valence-corrected chi connectivity index (χ1v) is 12.7. The number of sulfonamides is 1. The molecule has 1 fully saturated rings. The predicted molar refractivity (Wildman–Crippen MR) is 126 cm³/mol. The molecular weight excluding hydrogens is 455 g/mol. The van der Waals surface area contributed by atoms with Gasteiger partial charge in [-0.2, -0.15) is 0 Å². The van der Waals surface area contributed by atoms with Crippen LogP contribution < -0.4 is 10.0 Å². The van der Waals surface area contributed by atoms with E-state index in [-0.39, 0.29) is 34.6 Å². The molecule has 3 aromatic rings. The minimum absolute atomic E-state index is 0.0577. The molecule has 1 heterocycles. The molecule has 0 aliphatic heterocycles. The summed E-state index contributed by atoms with van der Waals surface area (Å²) in [5, 5.41) is 2.98. The fourth-order valence-electron chi connectivity index (χ4n) is 4.18. The molecule has 34 heavy (non-hydrogen) atoms. The van der Waals surface area contributed by atoms with Gasteiger partial charge in [-0.1, -0.05) is 24.3 Å². The highest BCUT2D eigenvalue weighted by Gasteiger charge is 2.29. The Morgan fingerprint density at radius 3 is 2.29 bits per heavy atom. The van der Waals surface area contributed by atoms with Crippen molar-refractivity contribution in [1.82, 2.24) is 20.0 Å². The normalized spacial score (nSPS) is 19.4. The largest absolute Gasteiger partial charge is 0.349 e. The number of halogens is 1. The van der Waals surface area contributed by atoms with E-state index in [0.717, 1.165) is 11.1 Å². The minimum atomic E-state index is -3.67. The maximum atomic E-state index is 13.1. The monoisotopic (exact) mass is 482 g/mol. The summed E-state index contributed by atoms with van der Waals surface area (Å²) in [6.45, 7) is 1.86. The first kappa shape index (κ1) is 24.0. The number of nitrogens with zero attached hydrogens (tertiary/aromatic N) is 2. The Hall–Kier alpha value is -3.17. The summed E-state index contributed by atoms with van der Waals surface area (Å²) in [7, 11) is -3.67. The quantitative estimate of drug-likeness (QED) is 0.530. The first-order valence-electron chi connectivity index (χ1n) is 11.3. The molecule has 0 saturated heterocycles. The lowest BCUT2D eigenvalue weighted by atomic mass is 9.85. The molecule has 1 atom stereocenters. The molecule has 1 aromatic heterocycles. The fourth-order valence-corrected chi connectivity index (χ4v) is 5.48. The van der Waals surface area contributed by atoms with Gasteiger partial charge in [-0.15, -0.1) is 0 Å². The highest BCUT2D eigenvalue weighted by atomic mass is 32.2. The van der Waals surface area contributed by atoms with Gasteiger partial charge in [0.1, 0.15) is 5.82 Å². The molecule has 4 rings (SSSR count). The summed E-state index contributed by atoms with van der Waals surface area (Å²) >= 11 is 0. The van der Waals surface area contributed by atoms with E-state index in [2.05, 4.69) is 20.0 Å². The van der Waals surface area contributed by atoms with Crippen molar-refractivity contribution in [3.63, 3.8) is 0 Å². The van der Waals surface area contributed by atoms with Gasteiger partial charge in [0.05, 0.1) is 22.8 Å². The molecule has 9 heteroatoms. The second kappa shape index (κ2) is 10.4. The first-order chi connectivity index (χ1) is 16.3. The second-order valence-electron chi connectivity index (χ2n) is 8.57. The van der Waals surface area contributed by atoms with E-state index in [1.807, 2.05) is 6.92 Å². The third-order valence-corrected chi connectivity index (χ3v) is 7.71. The van der Waals surface area contributed by atoms with Crippen molar-refractivity contribution in [2.45, 2.75) is 49.6 Å². The highest BCUT2D eigenvalue weighted by Crippen LogP contribution is 2.27. The van der Waals surface area contributed by atoms with Gasteiger partial charge >= 0.3 is 0 Å². The summed E-state index contributed by atoms with van der Waals surface area (Å²) in [4.78, 5) is 21.1. The summed E-state index contributed by atoms with van der Waals surface area (Å²) in [5.41, 5.74) is 2.29. The van der Waals surface area contributed by atoms with Crippen molar-refractivity contribution >= 4 is 15.9 Å². The van der Waals surface area contributed by atoms with Gasteiger partial charge in [0, 0.05) is 29.9 Å². The van der Waals surface area contributed by atoms with Crippen LogP contribution in [0, 0.1) is 11.7 Å². The molecule has 1 aliphatic carbocycles. The van der Waals surface area contributed by atoms with Crippen LogP contribution in [0.25, 0.3) is 11.3 Å². The smallest absolute Gasteiger partial charge is 0.240 e. The maximum absolute atomic E-state index is 13.1. The summed E-state index contributed by atoms with van der Waals surface area (Å²) in [5.74, 6) is -0.544. The van der Waals surface area contributed by atoms with Crippen molar-refractivity contribution in [2.75, 3.05) is 0 Å². The van der Waals surface area contributed by atoms with Gasteiger partial charge in [-0.25, -0.2) is 17.5 Å². The SMILES string of the molecule is C[C@@H](NC(=O)C1CCC(NS(=O)(=O)c2ccc(-c3cnccn3)cc2)CC1)c1ccc(F)cc1. The predicted octanol–water partition coefficient (Wildman–Crippen LogP) is 4.00. The van der Waals surface area contributed by atoms with Crippen LogP contribution in [-0.2, 0) is 14.8 Å². The average Bonchev–Trinajstić information content (AvgIpc) is 2.85.